The van der Waals surface area contributed by atoms with Crippen molar-refractivity contribution in [1.29, 1.82) is 0 Å². The van der Waals surface area contributed by atoms with Gasteiger partial charge < -0.3 is 5.32 Å². The van der Waals surface area contributed by atoms with Gasteiger partial charge in [0.05, 0.1) is 17.6 Å². The molecule has 2 aromatic carbocycles. The van der Waals surface area contributed by atoms with Crippen molar-refractivity contribution in [3.63, 3.8) is 0 Å². The molecule has 0 spiro atoms. The third kappa shape index (κ3) is 5.21. The van der Waals surface area contributed by atoms with Crippen LogP contribution in [0.1, 0.15) is 41.6 Å². The van der Waals surface area contributed by atoms with E-state index in [-0.39, 0.29) is 12.3 Å². The van der Waals surface area contributed by atoms with Crippen LogP contribution in [0, 0.1) is 12.8 Å². The molecule has 1 fully saturated rings. The Morgan fingerprint density at radius 1 is 1.09 bits per heavy atom. The molecule has 0 saturated heterocycles. The first-order valence-corrected chi connectivity index (χ1v) is 11.6. The Bertz CT molecular complexity index is 1370. The van der Waals surface area contributed by atoms with Crippen LogP contribution in [-0.2, 0) is 0 Å². The fraction of sp³-hybridized carbons (Fsp3) is 0.296. The molecule has 1 N–H and O–H groups in total. The van der Waals surface area contributed by atoms with E-state index < -0.39 is 12.6 Å². The number of rotatable bonds is 8. The number of ketones is 1. The van der Waals surface area contributed by atoms with E-state index >= 15 is 0 Å². The first-order valence-electron chi connectivity index (χ1n) is 11.6. The Balaban J connectivity index is 1.54. The molecule has 180 valence electrons. The molecule has 4 aromatic rings. The van der Waals surface area contributed by atoms with Gasteiger partial charge in [0.2, 0.25) is 0 Å². The molecule has 0 amide bonds. The number of fused-ring (bicyclic) bond motifs is 1. The SMILES string of the molecule is Cc1cc(-n2cnc3c(NCCC(F)(F)F)cc(-c4ccncc4)cc32)ccc1C(=O)CC1CC1. The molecule has 35 heavy (non-hydrogen) atoms. The standard InChI is InChI=1S/C27H25F3N4O/c1-17-12-21(4-5-22(17)25(35)13-18-2-3-18)34-16-33-26-23(32-11-8-27(28,29)30)14-20(15-24(26)34)19-6-9-31-10-7-19/h4-7,9-10,12,14-16,18,32H,2-3,8,11,13H2,1H3. The minimum Gasteiger partial charge on any atom is -0.383 e. The van der Waals surface area contributed by atoms with Crippen LogP contribution in [0.2, 0.25) is 0 Å². The number of imidazole rings is 1. The van der Waals surface area contributed by atoms with Crippen molar-refractivity contribution in [2.24, 2.45) is 5.92 Å². The normalized spacial score (nSPS) is 13.8. The molecular formula is C27H25F3N4O. The lowest BCUT2D eigenvalue weighted by Gasteiger charge is -2.13. The lowest BCUT2D eigenvalue weighted by Crippen LogP contribution is -2.14. The van der Waals surface area contributed by atoms with E-state index in [0.717, 1.165) is 46.3 Å². The summed E-state index contributed by atoms with van der Waals surface area (Å²) >= 11 is 0. The highest BCUT2D eigenvalue weighted by Gasteiger charge is 2.27. The van der Waals surface area contributed by atoms with Gasteiger partial charge in [-0.2, -0.15) is 13.2 Å². The van der Waals surface area contributed by atoms with Crippen LogP contribution in [-0.4, -0.2) is 33.0 Å². The van der Waals surface area contributed by atoms with Crippen molar-refractivity contribution in [3.8, 4) is 16.8 Å². The fourth-order valence-corrected chi connectivity index (χ4v) is 4.31. The Kier molecular flexibility index (Phi) is 6.05. The van der Waals surface area contributed by atoms with Gasteiger partial charge in [-0.15, -0.1) is 0 Å². The van der Waals surface area contributed by atoms with Gasteiger partial charge in [-0.3, -0.25) is 14.3 Å². The van der Waals surface area contributed by atoms with E-state index in [9.17, 15) is 18.0 Å². The maximum absolute atomic E-state index is 12.8. The third-order valence-corrected chi connectivity index (χ3v) is 6.35. The molecule has 0 unspecified atom stereocenters. The van der Waals surface area contributed by atoms with Gasteiger partial charge in [-0.25, -0.2) is 4.98 Å². The highest BCUT2D eigenvalue weighted by atomic mass is 19.4. The predicted molar refractivity (Wildman–Crippen MR) is 130 cm³/mol. The van der Waals surface area contributed by atoms with E-state index in [1.54, 1.807) is 18.7 Å². The highest BCUT2D eigenvalue weighted by molar-refractivity contribution is 5.98. The van der Waals surface area contributed by atoms with Crippen LogP contribution in [0.4, 0.5) is 18.9 Å². The molecule has 0 atom stereocenters. The number of alkyl halides is 3. The zero-order valence-corrected chi connectivity index (χ0v) is 19.3. The number of hydrogen-bond acceptors (Lipinski definition) is 4. The van der Waals surface area contributed by atoms with E-state index in [1.165, 1.54) is 0 Å². The van der Waals surface area contributed by atoms with Gasteiger partial charge in [0.25, 0.3) is 0 Å². The summed E-state index contributed by atoms with van der Waals surface area (Å²) in [5.74, 6) is 0.692. The number of carbonyl (C=O) groups excluding carboxylic acids is 1. The van der Waals surface area contributed by atoms with Gasteiger partial charge in [-0.05, 0) is 84.8 Å². The fourth-order valence-electron chi connectivity index (χ4n) is 4.31. The maximum atomic E-state index is 12.8. The smallest absolute Gasteiger partial charge is 0.383 e. The van der Waals surface area contributed by atoms with Crippen LogP contribution in [0.25, 0.3) is 27.8 Å². The molecule has 5 rings (SSSR count). The number of nitrogens with zero attached hydrogens (tertiary/aromatic N) is 3. The molecule has 1 saturated carbocycles. The summed E-state index contributed by atoms with van der Waals surface area (Å²) in [7, 11) is 0. The molecular weight excluding hydrogens is 453 g/mol. The van der Waals surface area contributed by atoms with Crippen molar-refractivity contribution in [2.75, 3.05) is 11.9 Å². The number of pyridine rings is 1. The van der Waals surface area contributed by atoms with Crippen LogP contribution in [0.3, 0.4) is 0 Å². The summed E-state index contributed by atoms with van der Waals surface area (Å²) in [6.07, 6.45) is 2.68. The first kappa shape index (κ1) is 23.1. The number of anilines is 1. The minimum absolute atomic E-state index is 0.170. The van der Waals surface area contributed by atoms with Gasteiger partial charge in [0.15, 0.2) is 5.78 Å². The maximum Gasteiger partial charge on any atom is 0.390 e. The summed E-state index contributed by atoms with van der Waals surface area (Å²) in [6, 6.07) is 13.2. The van der Waals surface area contributed by atoms with E-state index in [0.29, 0.717) is 23.5 Å². The van der Waals surface area contributed by atoms with Gasteiger partial charge in [-0.1, -0.05) is 0 Å². The summed E-state index contributed by atoms with van der Waals surface area (Å²) < 4.78 is 40.2. The van der Waals surface area contributed by atoms with Gasteiger partial charge >= 0.3 is 6.18 Å². The zero-order valence-electron chi connectivity index (χ0n) is 19.3. The summed E-state index contributed by atoms with van der Waals surface area (Å²) in [5, 5.41) is 2.92. The molecule has 0 aliphatic heterocycles. The predicted octanol–water partition coefficient (Wildman–Crippen LogP) is 6.74. The second-order valence-corrected chi connectivity index (χ2v) is 9.10. The molecule has 1 aliphatic rings. The van der Waals surface area contributed by atoms with Crippen molar-refractivity contribution in [3.05, 3.63) is 72.3 Å². The van der Waals surface area contributed by atoms with Crippen LogP contribution < -0.4 is 5.32 Å². The number of aryl methyl sites for hydroxylation is 1. The monoisotopic (exact) mass is 478 g/mol. The highest BCUT2D eigenvalue weighted by Crippen LogP contribution is 2.35. The molecule has 8 heteroatoms. The first-order chi connectivity index (χ1) is 16.8. The van der Waals surface area contributed by atoms with E-state index in [1.807, 2.05) is 54.0 Å². The third-order valence-electron chi connectivity index (χ3n) is 6.35. The zero-order chi connectivity index (χ0) is 24.6. The van der Waals surface area contributed by atoms with Gasteiger partial charge in [0.1, 0.15) is 11.8 Å². The number of aromatic nitrogens is 3. The average Bonchev–Trinajstić information content (AvgIpc) is 3.53. The number of Topliss-reactive ketones (excluding diaryl/α,β-unsaturated/α-hetero) is 1. The Labute approximate surface area is 201 Å². The Morgan fingerprint density at radius 3 is 2.54 bits per heavy atom. The van der Waals surface area contributed by atoms with Crippen LogP contribution in [0.5, 0.6) is 0 Å². The summed E-state index contributed by atoms with van der Waals surface area (Å²) in [4.78, 5) is 21.2. The van der Waals surface area contributed by atoms with Crippen molar-refractivity contribution >= 4 is 22.5 Å². The summed E-state index contributed by atoms with van der Waals surface area (Å²) in [6.45, 7) is 1.68. The number of halogens is 3. The molecule has 2 heterocycles. The largest absolute Gasteiger partial charge is 0.390 e. The Morgan fingerprint density at radius 2 is 1.86 bits per heavy atom. The molecule has 1 aliphatic carbocycles. The van der Waals surface area contributed by atoms with Crippen LogP contribution >= 0.6 is 0 Å². The molecule has 2 aromatic heterocycles. The number of benzene rings is 2. The minimum atomic E-state index is -4.25. The van der Waals surface area contributed by atoms with Gasteiger partial charge in [0, 0.05) is 36.6 Å². The van der Waals surface area contributed by atoms with E-state index in [4.69, 9.17) is 0 Å². The lowest BCUT2D eigenvalue weighted by atomic mass is 10.00. The quantitative estimate of drug-likeness (QED) is 0.285. The lowest BCUT2D eigenvalue weighted by molar-refractivity contribution is -0.131. The van der Waals surface area contributed by atoms with Crippen molar-refractivity contribution < 1.29 is 18.0 Å². The number of hydrogen-bond donors (Lipinski definition) is 1. The van der Waals surface area contributed by atoms with Crippen LogP contribution in [0.15, 0.2) is 61.2 Å². The number of carbonyl (C=O) groups is 1. The van der Waals surface area contributed by atoms with E-state index in [2.05, 4.69) is 15.3 Å². The molecule has 0 bridgehead atoms. The topological polar surface area (TPSA) is 59.8 Å². The molecule has 5 nitrogen and oxygen atoms in total. The van der Waals surface area contributed by atoms with Crippen molar-refractivity contribution in [2.45, 2.75) is 38.8 Å². The number of nitrogens with one attached hydrogen (secondary N) is 1. The second kappa shape index (κ2) is 9.17. The average molecular weight is 479 g/mol. The summed E-state index contributed by atoms with van der Waals surface area (Å²) in [5.41, 5.74) is 6.06. The second-order valence-electron chi connectivity index (χ2n) is 9.10. The molecule has 0 radical (unpaired) electrons. The Hall–Kier alpha value is -3.68. The van der Waals surface area contributed by atoms with Crippen molar-refractivity contribution in [1.82, 2.24) is 14.5 Å².